The van der Waals surface area contributed by atoms with Gasteiger partial charge in [-0.15, -0.1) is 0 Å². The molecule has 1 amide bonds. The summed E-state index contributed by atoms with van der Waals surface area (Å²) in [6.45, 7) is 1.68. The Bertz CT molecular complexity index is 197. The van der Waals surface area contributed by atoms with Crippen LogP contribution in [-0.4, -0.2) is 26.5 Å². The van der Waals surface area contributed by atoms with Gasteiger partial charge in [-0.05, 0) is 6.42 Å². The van der Waals surface area contributed by atoms with E-state index >= 15 is 0 Å². The normalized spacial score (nSPS) is 14.2. The first-order valence-electron chi connectivity index (χ1n) is 2.84. The average molecular weight is 164 g/mol. The number of amides is 1. The lowest BCUT2D eigenvalue weighted by molar-refractivity contribution is 0.527. The summed E-state index contributed by atoms with van der Waals surface area (Å²) in [5, 5.41) is 1.29. The van der Waals surface area contributed by atoms with Crippen molar-refractivity contribution >= 4 is 16.2 Å². The van der Waals surface area contributed by atoms with Crippen LogP contribution in [0.25, 0.3) is 0 Å². The summed E-state index contributed by atoms with van der Waals surface area (Å²) in [5.41, 5.74) is 0. The van der Waals surface area contributed by atoms with Crippen LogP contribution in [0.5, 0.6) is 0 Å². The Balaban J connectivity index is 4.22. The Morgan fingerprint density at radius 1 is 1.60 bits per heavy atom. The molecule has 0 aromatic heterocycles. The van der Waals surface area contributed by atoms with Gasteiger partial charge in [-0.2, -0.15) is 0 Å². The predicted molar refractivity (Wildman–Crippen MR) is 37.8 cm³/mol. The fraction of sp³-hybridized carbons (Fsp3) is 0.800. The van der Waals surface area contributed by atoms with Gasteiger partial charge in [0.25, 0.3) is 0 Å². The second-order valence-electron chi connectivity index (χ2n) is 1.97. The van der Waals surface area contributed by atoms with Crippen molar-refractivity contribution in [2.45, 2.75) is 18.7 Å². The van der Waals surface area contributed by atoms with Crippen molar-refractivity contribution in [1.82, 2.24) is 5.32 Å². The molecule has 10 heavy (non-hydrogen) atoms. The van der Waals surface area contributed by atoms with E-state index in [2.05, 4.69) is 5.32 Å². The molecule has 1 N–H and O–H groups in total. The van der Waals surface area contributed by atoms with Gasteiger partial charge in [-0.25, -0.2) is 8.42 Å². The van der Waals surface area contributed by atoms with E-state index in [4.69, 9.17) is 0 Å². The highest BCUT2D eigenvalue weighted by Crippen LogP contribution is 1.97. The Morgan fingerprint density at radius 2 is 2.10 bits per heavy atom. The summed E-state index contributed by atoms with van der Waals surface area (Å²) < 4.78 is 21.4. The minimum atomic E-state index is -3.15. The number of sulfone groups is 1. The molecule has 0 saturated carbocycles. The van der Waals surface area contributed by atoms with Crippen molar-refractivity contribution in [3.63, 3.8) is 0 Å². The third-order valence-electron chi connectivity index (χ3n) is 1.11. The van der Waals surface area contributed by atoms with E-state index in [1.807, 2.05) is 0 Å². The molecular formula is C5H10NO3S. The highest BCUT2D eigenvalue weighted by Gasteiger charge is 2.16. The summed E-state index contributed by atoms with van der Waals surface area (Å²) in [6, 6.07) is 0. The third kappa shape index (κ3) is 2.82. The van der Waals surface area contributed by atoms with Crippen molar-refractivity contribution in [3.05, 3.63) is 0 Å². The van der Waals surface area contributed by atoms with Crippen molar-refractivity contribution < 1.29 is 13.2 Å². The van der Waals surface area contributed by atoms with Crippen LogP contribution < -0.4 is 5.32 Å². The van der Waals surface area contributed by atoms with Gasteiger partial charge in [0.2, 0.25) is 0 Å². The molecule has 0 heterocycles. The summed E-state index contributed by atoms with van der Waals surface area (Å²) >= 11 is 0. The largest absolute Gasteiger partial charge is 0.331 e. The van der Waals surface area contributed by atoms with Gasteiger partial charge in [0.05, 0.1) is 0 Å². The SMILES string of the molecule is CCC(N[C]=O)S(C)(=O)=O. The topological polar surface area (TPSA) is 63.2 Å². The summed E-state index contributed by atoms with van der Waals surface area (Å²) in [6.07, 6.45) is 2.79. The molecule has 4 nitrogen and oxygen atoms in total. The van der Waals surface area contributed by atoms with Crippen LogP contribution >= 0.6 is 0 Å². The van der Waals surface area contributed by atoms with Gasteiger partial charge < -0.3 is 5.32 Å². The van der Waals surface area contributed by atoms with E-state index < -0.39 is 15.2 Å². The zero-order valence-electron chi connectivity index (χ0n) is 5.92. The lowest BCUT2D eigenvalue weighted by Crippen LogP contribution is -2.34. The molecule has 0 fully saturated rings. The summed E-state index contributed by atoms with van der Waals surface area (Å²) in [7, 11) is -3.15. The predicted octanol–water partition coefficient (Wildman–Crippen LogP) is -0.576. The van der Waals surface area contributed by atoms with Crippen LogP contribution in [0.15, 0.2) is 0 Å². The lowest BCUT2D eigenvalue weighted by Gasteiger charge is -2.09. The zero-order chi connectivity index (χ0) is 8.20. The van der Waals surface area contributed by atoms with E-state index in [0.717, 1.165) is 6.26 Å². The molecule has 0 saturated heterocycles. The molecule has 0 aliphatic heterocycles. The first-order chi connectivity index (χ1) is 4.52. The minimum absolute atomic E-state index is 0.369. The molecule has 5 heteroatoms. The van der Waals surface area contributed by atoms with Crippen molar-refractivity contribution in [3.8, 4) is 0 Å². The fourth-order valence-electron chi connectivity index (χ4n) is 0.578. The molecular weight excluding hydrogens is 154 g/mol. The zero-order valence-corrected chi connectivity index (χ0v) is 6.73. The second kappa shape index (κ2) is 3.55. The molecule has 1 atom stereocenters. The van der Waals surface area contributed by atoms with E-state index in [0.29, 0.717) is 6.42 Å². The monoisotopic (exact) mass is 164 g/mol. The maximum absolute atomic E-state index is 10.7. The number of nitrogens with one attached hydrogen (secondary N) is 1. The standard InChI is InChI=1S/C5H10NO3S/c1-3-5(6-4-7)10(2,8)9/h5H,3H2,1-2H3,(H,6,7). The van der Waals surface area contributed by atoms with E-state index in [1.165, 1.54) is 6.41 Å². The molecule has 59 valence electrons. The Hall–Kier alpha value is -0.580. The maximum Gasteiger partial charge on any atom is 0.310 e. The molecule has 0 aliphatic rings. The van der Waals surface area contributed by atoms with Crippen LogP contribution in [0.2, 0.25) is 0 Å². The highest BCUT2D eigenvalue weighted by molar-refractivity contribution is 7.91. The molecule has 0 spiro atoms. The van der Waals surface area contributed by atoms with E-state index in [9.17, 15) is 13.2 Å². The first-order valence-corrected chi connectivity index (χ1v) is 4.79. The highest BCUT2D eigenvalue weighted by atomic mass is 32.2. The molecule has 1 radical (unpaired) electrons. The lowest BCUT2D eigenvalue weighted by atomic mass is 10.5. The van der Waals surface area contributed by atoms with Gasteiger partial charge in [-0.1, -0.05) is 6.92 Å². The quantitative estimate of drug-likeness (QED) is 0.566. The minimum Gasteiger partial charge on any atom is -0.331 e. The second-order valence-corrected chi connectivity index (χ2v) is 4.20. The maximum atomic E-state index is 10.7. The number of hydrogen-bond acceptors (Lipinski definition) is 3. The third-order valence-corrected chi connectivity index (χ3v) is 2.59. The number of rotatable bonds is 4. The van der Waals surface area contributed by atoms with Crippen LogP contribution in [0.3, 0.4) is 0 Å². The van der Waals surface area contributed by atoms with Crippen LogP contribution in [0.4, 0.5) is 0 Å². The summed E-state index contributed by atoms with van der Waals surface area (Å²) in [4.78, 5) is 9.72. The Labute approximate surface area is 60.5 Å². The molecule has 0 aromatic rings. The molecule has 1 unspecified atom stereocenters. The summed E-state index contributed by atoms with van der Waals surface area (Å²) in [5.74, 6) is 0. The van der Waals surface area contributed by atoms with Gasteiger partial charge in [0.15, 0.2) is 9.84 Å². The van der Waals surface area contributed by atoms with Crippen LogP contribution in [0, 0.1) is 0 Å². The van der Waals surface area contributed by atoms with Gasteiger partial charge >= 0.3 is 6.41 Å². The van der Waals surface area contributed by atoms with Gasteiger partial charge in [0.1, 0.15) is 5.37 Å². The van der Waals surface area contributed by atoms with E-state index in [1.54, 1.807) is 6.92 Å². The van der Waals surface area contributed by atoms with E-state index in [-0.39, 0.29) is 0 Å². The smallest absolute Gasteiger partial charge is 0.310 e. The molecule has 0 bridgehead atoms. The molecule has 0 aliphatic carbocycles. The van der Waals surface area contributed by atoms with Crippen molar-refractivity contribution in [1.29, 1.82) is 0 Å². The molecule has 0 aromatic carbocycles. The molecule has 0 rings (SSSR count). The number of carbonyl (C=O) groups excluding carboxylic acids is 1. The van der Waals surface area contributed by atoms with Crippen molar-refractivity contribution in [2.75, 3.05) is 6.26 Å². The van der Waals surface area contributed by atoms with Crippen molar-refractivity contribution in [2.24, 2.45) is 0 Å². The fourth-order valence-corrected chi connectivity index (χ4v) is 1.45. The van der Waals surface area contributed by atoms with Gasteiger partial charge in [-0.3, -0.25) is 4.79 Å². The van der Waals surface area contributed by atoms with Gasteiger partial charge in [0, 0.05) is 6.26 Å². The Morgan fingerprint density at radius 3 is 2.20 bits per heavy atom. The Kier molecular flexibility index (Phi) is 3.35. The van der Waals surface area contributed by atoms with Crippen LogP contribution in [0.1, 0.15) is 13.3 Å². The average Bonchev–Trinajstić information content (AvgIpc) is 1.80. The number of hydrogen-bond donors (Lipinski definition) is 1. The van der Waals surface area contributed by atoms with Crippen LogP contribution in [-0.2, 0) is 14.6 Å². The first kappa shape index (κ1) is 9.42.